The number of aromatic nitrogens is 5. The number of nitrogens with zero attached hydrogens (tertiary/aromatic N) is 4. The van der Waals surface area contributed by atoms with Gasteiger partial charge >= 0.3 is 0 Å². The summed E-state index contributed by atoms with van der Waals surface area (Å²) < 4.78 is 1.42. The number of fused-ring (bicyclic) bond motifs is 2. The van der Waals surface area contributed by atoms with Crippen LogP contribution in [0, 0.1) is 6.92 Å². The number of H-pyrrole nitrogens is 1. The molecule has 0 fully saturated rings. The third kappa shape index (κ3) is 4.61. The molecule has 5 heterocycles. The summed E-state index contributed by atoms with van der Waals surface area (Å²) in [5, 5.41) is 10.2. The molecule has 0 spiro atoms. The molecule has 4 aromatic rings. The molecule has 0 aliphatic carbocycles. The molecule has 10 nitrogen and oxygen atoms in total. The SMILES string of the molecule is Cc1cnc(NCCc2ccc3c(n2)NCC3)c(=O)n1CC(=O)NCc1cc2cc[nH]c2cn1. The van der Waals surface area contributed by atoms with Gasteiger partial charge in [-0.25, -0.2) is 9.97 Å². The Labute approximate surface area is 195 Å². The van der Waals surface area contributed by atoms with Crippen LogP contribution in [0.2, 0.25) is 0 Å². The van der Waals surface area contributed by atoms with Crippen LogP contribution < -0.4 is 21.5 Å². The number of hydrogen-bond donors (Lipinski definition) is 4. The van der Waals surface area contributed by atoms with E-state index in [-0.39, 0.29) is 30.4 Å². The van der Waals surface area contributed by atoms with Crippen LogP contribution in [0.4, 0.5) is 11.6 Å². The second-order valence-electron chi connectivity index (χ2n) is 8.32. The van der Waals surface area contributed by atoms with Crippen LogP contribution in [0.1, 0.15) is 22.6 Å². The fourth-order valence-electron chi connectivity index (χ4n) is 4.02. The Morgan fingerprint density at radius 1 is 1.18 bits per heavy atom. The molecule has 0 saturated carbocycles. The Kier molecular flexibility index (Phi) is 5.94. The normalized spacial score (nSPS) is 12.4. The van der Waals surface area contributed by atoms with Gasteiger partial charge in [-0.3, -0.25) is 19.1 Å². The molecule has 10 heteroatoms. The van der Waals surface area contributed by atoms with Crippen molar-refractivity contribution in [1.82, 2.24) is 29.8 Å². The third-order valence-electron chi connectivity index (χ3n) is 5.91. The molecule has 5 rings (SSSR count). The van der Waals surface area contributed by atoms with Gasteiger partial charge < -0.3 is 20.9 Å². The summed E-state index contributed by atoms with van der Waals surface area (Å²) >= 11 is 0. The zero-order chi connectivity index (χ0) is 23.5. The van der Waals surface area contributed by atoms with Crippen molar-refractivity contribution in [3.8, 4) is 0 Å². The minimum absolute atomic E-state index is 0.0910. The molecule has 1 aliphatic heterocycles. The van der Waals surface area contributed by atoms with E-state index in [1.165, 1.54) is 10.1 Å². The number of pyridine rings is 2. The molecule has 0 unspecified atom stereocenters. The van der Waals surface area contributed by atoms with E-state index in [1.54, 1.807) is 19.3 Å². The molecular weight excluding hydrogens is 432 g/mol. The molecule has 4 N–H and O–H groups in total. The first kappa shape index (κ1) is 21.6. The van der Waals surface area contributed by atoms with Crippen molar-refractivity contribution in [2.75, 3.05) is 23.7 Å². The molecule has 0 bridgehead atoms. The van der Waals surface area contributed by atoms with Gasteiger partial charge in [0.2, 0.25) is 5.91 Å². The lowest BCUT2D eigenvalue weighted by Crippen LogP contribution is -2.34. The third-order valence-corrected chi connectivity index (χ3v) is 5.91. The van der Waals surface area contributed by atoms with E-state index >= 15 is 0 Å². The Morgan fingerprint density at radius 2 is 2.09 bits per heavy atom. The van der Waals surface area contributed by atoms with Crippen molar-refractivity contribution in [3.63, 3.8) is 0 Å². The summed E-state index contributed by atoms with van der Waals surface area (Å²) in [5.41, 5.74) is 4.15. The number of nitrogens with one attached hydrogen (secondary N) is 4. The fourth-order valence-corrected chi connectivity index (χ4v) is 4.02. The van der Waals surface area contributed by atoms with Gasteiger partial charge in [-0.2, -0.15) is 0 Å². The van der Waals surface area contributed by atoms with Crippen molar-refractivity contribution >= 4 is 28.4 Å². The van der Waals surface area contributed by atoms with Gasteiger partial charge in [0.15, 0.2) is 5.82 Å². The summed E-state index contributed by atoms with van der Waals surface area (Å²) in [6.45, 7) is 3.38. The van der Waals surface area contributed by atoms with Crippen LogP contribution in [0.5, 0.6) is 0 Å². The second-order valence-corrected chi connectivity index (χ2v) is 8.32. The highest BCUT2D eigenvalue weighted by molar-refractivity contribution is 5.79. The van der Waals surface area contributed by atoms with Gasteiger partial charge in [0.05, 0.1) is 24.0 Å². The molecule has 34 heavy (non-hydrogen) atoms. The van der Waals surface area contributed by atoms with E-state index in [0.29, 0.717) is 18.7 Å². The maximum absolute atomic E-state index is 12.9. The average Bonchev–Trinajstić information content (AvgIpc) is 3.50. The van der Waals surface area contributed by atoms with Gasteiger partial charge in [-0.05, 0) is 37.1 Å². The summed E-state index contributed by atoms with van der Waals surface area (Å²) in [5.74, 6) is 0.896. The molecule has 0 aromatic carbocycles. The molecule has 1 amide bonds. The maximum Gasteiger partial charge on any atom is 0.293 e. The number of carbonyl (C=O) groups is 1. The molecule has 1 aliphatic rings. The minimum Gasteiger partial charge on any atom is -0.370 e. The van der Waals surface area contributed by atoms with E-state index in [1.807, 2.05) is 24.4 Å². The lowest BCUT2D eigenvalue weighted by molar-refractivity contribution is -0.121. The van der Waals surface area contributed by atoms with Crippen molar-refractivity contribution in [2.24, 2.45) is 0 Å². The number of hydrogen-bond acceptors (Lipinski definition) is 7. The Hall–Kier alpha value is -4.21. The second kappa shape index (κ2) is 9.34. The molecule has 174 valence electrons. The standard InChI is InChI=1S/C24H26N8O2/c1-15-11-30-23(27-9-6-18-3-2-16-4-8-26-22(16)31-18)24(34)32(15)14-21(33)29-12-19-10-17-5-7-25-20(17)13-28-19/h2-3,5,7,10-11,13,25H,4,6,8-9,12,14H2,1H3,(H,26,31)(H,27,30)(H,29,33). The van der Waals surface area contributed by atoms with Gasteiger partial charge in [-0.1, -0.05) is 6.07 Å². The quantitative estimate of drug-likeness (QED) is 0.317. The monoisotopic (exact) mass is 458 g/mol. The predicted molar refractivity (Wildman–Crippen MR) is 130 cm³/mol. The van der Waals surface area contributed by atoms with Crippen LogP contribution in [0.15, 0.2) is 47.7 Å². The number of rotatable bonds is 8. The lowest BCUT2D eigenvalue weighted by Gasteiger charge is -2.12. The van der Waals surface area contributed by atoms with Crippen molar-refractivity contribution in [1.29, 1.82) is 0 Å². The van der Waals surface area contributed by atoms with Crippen LogP contribution in [-0.4, -0.2) is 43.5 Å². The van der Waals surface area contributed by atoms with Crippen LogP contribution in [0.25, 0.3) is 10.9 Å². The smallest absolute Gasteiger partial charge is 0.293 e. The highest BCUT2D eigenvalue weighted by Gasteiger charge is 2.13. The maximum atomic E-state index is 12.9. The van der Waals surface area contributed by atoms with Crippen LogP contribution in [0.3, 0.4) is 0 Å². The summed E-state index contributed by atoms with van der Waals surface area (Å²) in [6.07, 6.45) is 6.83. The first-order chi connectivity index (χ1) is 16.6. The molecule has 0 saturated heterocycles. The zero-order valence-electron chi connectivity index (χ0n) is 18.9. The number of aromatic amines is 1. The first-order valence-electron chi connectivity index (χ1n) is 11.3. The predicted octanol–water partition coefficient (Wildman–Crippen LogP) is 1.76. The van der Waals surface area contributed by atoms with Crippen molar-refractivity contribution < 1.29 is 4.79 Å². The van der Waals surface area contributed by atoms with Gasteiger partial charge in [0.25, 0.3) is 5.56 Å². The number of amides is 1. The number of aryl methyl sites for hydroxylation is 1. The minimum atomic E-state index is -0.328. The van der Waals surface area contributed by atoms with Gasteiger partial charge in [0.1, 0.15) is 12.4 Å². The molecule has 0 atom stereocenters. The van der Waals surface area contributed by atoms with Crippen LogP contribution >= 0.6 is 0 Å². The lowest BCUT2D eigenvalue weighted by atomic mass is 10.2. The van der Waals surface area contributed by atoms with E-state index < -0.39 is 0 Å². The highest BCUT2D eigenvalue weighted by Crippen LogP contribution is 2.19. The summed E-state index contributed by atoms with van der Waals surface area (Å²) in [7, 11) is 0. The average molecular weight is 459 g/mol. The Bertz CT molecular complexity index is 1410. The zero-order valence-corrected chi connectivity index (χ0v) is 18.9. The number of anilines is 2. The highest BCUT2D eigenvalue weighted by atomic mass is 16.2. The Morgan fingerprint density at radius 3 is 3.00 bits per heavy atom. The summed E-state index contributed by atoms with van der Waals surface area (Å²) in [4.78, 5) is 41.8. The van der Waals surface area contributed by atoms with E-state index in [4.69, 9.17) is 0 Å². The molecular formula is C24H26N8O2. The fraction of sp³-hybridized carbons (Fsp3) is 0.292. The topological polar surface area (TPSA) is 130 Å². The number of carbonyl (C=O) groups excluding carboxylic acids is 1. The van der Waals surface area contributed by atoms with Gasteiger partial charge in [0, 0.05) is 48.7 Å². The summed E-state index contributed by atoms with van der Waals surface area (Å²) in [6, 6.07) is 7.98. The van der Waals surface area contributed by atoms with E-state index in [2.05, 4.69) is 42.0 Å². The molecule has 0 radical (unpaired) electrons. The van der Waals surface area contributed by atoms with Gasteiger partial charge in [-0.15, -0.1) is 0 Å². The first-order valence-corrected chi connectivity index (χ1v) is 11.3. The molecule has 4 aromatic heterocycles. The van der Waals surface area contributed by atoms with Crippen molar-refractivity contribution in [3.05, 3.63) is 75.9 Å². The van der Waals surface area contributed by atoms with Crippen LogP contribution in [-0.2, 0) is 30.7 Å². The Balaban J connectivity index is 1.19. The van der Waals surface area contributed by atoms with E-state index in [9.17, 15) is 9.59 Å². The largest absolute Gasteiger partial charge is 0.370 e. The van der Waals surface area contributed by atoms with Crippen molar-refractivity contribution in [2.45, 2.75) is 32.9 Å². The van der Waals surface area contributed by atoms with E-state index in [0.717, 1.165) is 41.1 Å².